The van der Waals surface area contributed by atoms with Gasteiger partial charge in [0.15, 0.2) is 4.87 Å². The highest BCUT2D eigenvalue weighted by atomic mass is 32.2. The van der Waals surface area contributed by atoms with Crippen LogP contribution < -0.4 is 15.0 Å². The van der Waals surface area contributed by atoms with Crippen LogP contribution in [0.3, 0.4) is 0 Å². The summed E-state index contributed by atoms with van der Waals surface area (Å²) in [6, 6.07) is 18.8. The number of rotatable bonds is 4. The minimum absolute atomic E-state index is 0.162. The number of methoxy groups -OCH3 is 1. The van der Waals surface area contributed by atoms with Crippen LogP contribution >= 0.6 is 11.8 Å². The molecule has 0 aromatic heterocycles. The number of anilines is 2. The number of fused-ring (bicyclic) bond motifs is 2. The molecule has 1 atom stereocenters. The Morgan fingerprint density at radius 2 is 1.85 bits per heavy atom. The van der Waals surface area contributed by atoms with Crippen molar-refractivity contribution >= 4 is 35.1 Å². The number of benzene rings is 3. The molecule has 0 saturated carbocycles. The molecule has 0 unspecified atom stereocenters. The third kappa shape index (κ3) is 3.68. The Hall–Kier alpha value is -3.52. The first-order valence-corrected chi connectivity index (χ1v) is 11.9. The molecule has 1 N–H and O–H groups in total. The Morgan fingerprint density at radius 3 is 2.56 bits per heavy atom. The van der Waals surface area contributed by atoms with E-state index in [4.69, 9.17) is 4.74 Å². The second kappa shape index (κ2) is 8.68. The van der Waals surface area contributed by atoms with Gasteiger partial charge in [-0.15, -0.1) is 11.8 Å². The van der Waals surface area contributed by atoms with Crippen molar-refractivity contribution in [3.63, 3.8) is 0 Å². The fourth-order valence-electron chi connectivity index (χ4n) is 4.52. The fourth-order valence-corrected chi connectivity index (χ4v) is 5.98. The quantitative estimate of drug-likeness (QED) is 0.566. The van der Waals surface area contributed by atoms with E-state index < -0.39 is 4.87 Å². The van der Waals surface area contributed by atoms with Crippen LogP contribution in [0, 0.1) is 12.7 Å². The first-order valence-electron chi connectivity index (χ1n) is 11.0. The molecule has 1 spiro atoms. The van der Waals surface area contributed by atoms with Gasteiger partial charge in [-0.05, 0) is 55.0 Å². The molecule has 3 aromatic carbocycles. The largest absolute Gasteiger partial charge is 0.497 e. The number of hydrogen-bond acceptors (Lipinski definition) is 4. The number of urea groups is 1. The Kier molecular flexibility index (Phi) is 5.69. The predicted molar refractivity (Wildman–Crippen MR) is 132 cm³/mol. The van der Waals surface area contributed by atoms with Crippen molar-refractivity contribution in [1.82, 2.24) is 4.90 Å². The number of nitrogens with one attached hydrogen (secondary N) is 1. The molecule has 34 heavy (non-hydrogen) atoms. The Balaban J connectivity index is 1.50. The highest BCUT2D eigenvalue weighted by Gasteiger charge is 2.59. The van der Waals surface area contributed by atoms with Gasteiger partial charge >= 0.3 is 6.03 Å². The van der Waals surface area contributed by atoms with Crippen molar-refractivity contribution in [3.8, 4) is 5.75 Å². The van der Waals surface area contributed by atoms with Crippen LogP contribution in [0.2, 0.25) is 0 Å². The summed E-state index contributed by atoms with van der Waals surface area (Å²) in [6.45, 7) is 2.71. The van der Waals surface area contributed by atoms with Crippen LogP contribution in [0.4, 0.5) is 20.6 Å². The molecule has 0 aliphatic carbocycles. The molecule has 3 amide bonds. The van der Waals surface area contributed by atoms with Gasteiger partial charge in [0.2, 0.25) is 0 Å². The van der Waals surface area contributed by atoms with Crippen LogP contribution in [-0.4, -0.2) is 36.2 Å². The fraction of sp³-hybridized carbons (Fsp3) is 0.231. The van der Waals surface area contributed by atoms with Gasteiger partial charge in [0, 0.05) is 23.5 Å². The summed E-state index contributed by atoms with van der Waals surface area (Å²) in [5.74, 6) is 0.846. The molecule has 2 heterocycles. The molecular formula is C26H24FN3O3S. The Labute approximate surface area is 201 Å². The molecule has 2 aliphatic rings. The number of hydrogen-bond donors (Lipinski definition) is 1. The molecule has 5 rings (SSSR count). The average Bonchev–Trinajstić information content (AvgIpc) is 3.38. The SMILES string of the molecule is COc1ccc(NC(=O)N2CCS[C@]23C(=O)N(Cc2ccc(F)cc2)c2ccc(C)cc23)cc1. The summed E-state index contributed by atoms with van der Waals surface area (Å²) in [5.41, 5.74) is 4.03. The number of halogens is 1. The molecule has 0 radical (unpaired) electrons. The molecular weight excluding hydrogens is 453 g/mol. The van der Waals surface area contributed by atoms with Gasteiger partial charge in [-0.2, -0.15) is 0 Å². The number of thioether (sulfide) groups is 1. The van der Waals surface area contributed by atoms with Crippen LogP contribution in [0.5, 0.6) is 5.75 Å². The van der Waals surface area contributed by atoms with E-state index in [9.17, 15) is 14.0 Å². The Morgan fingerprint density at radius 1 is 1.12 bits per heavy atom. The summed E-state index contributed by atoms with van der Waals surface area (Å²) in [7, 11) is 1.58. The molecule has 0 bridgehead atoms. The van der Waals surface area contributed by atoms with Gasteiger partial charge in [0.25, 0.3) is 5.91 Å². The average molecular weight is 478 g/mol. The van der Waals surface area contributed by atoms with E-state index in [0.717, 1.165) is 22.4 Å². The van der Waals surface area contributed by atoms with Gasteiger partial charge in [0.1, 0.15) is 11.6 Å². The predicted octanol–water partition coefficient (Wildman–Crippen LogP) is 5.12. The zero-order valence-electron chi connectivity index (χ0n) is 18.9. The van der Waals surface area contributed by atoms with Crippen molar-refractivity contribution in [3.05, 3.63) is 89.2 Å². The summed E-state index contributed by atoms with van der Waals surface area (Å²) in [4.78, 5) is 29.6. The first kappa shape index (κ1) is 22.3. The van der Waals surface area contributed by atoms with Crippen LogP contribution in [0.15, 0.2) is 66.7 Å². The molecule has 1 saturated heterocycles. The second-order valence-electron chi connectivity index (χ2n) is 8.34. The van der Waals surface area contributed by atoms with Gasteiger partial charge in [-0.3, -0.25) is 9.69 Å². The van der Waals surface area contributed by atoms with E-state index in [-0.39, 0.29) is 17.8 Å². The smallest absolute Gasteiger partial charge is 0.323 e. The highest BCUT2D eigenvalue weighted by Crippen LogP contribution is 2.54. The van der Waals surface area contributed by atoms with Crippen molar-refractivity contribution in [1.29, 1.82) is 0 Å². The summed E-state index contributed by atoms with van der Waals surface area (Å²) < 4.78 is 18.6. The molecule has 1 fully saturated rings. The molecule has 174 valence electrons. The van der Waals surface area contributed by atoms with Crippen LogP contribution in [-0.2, 0) is 16.2 Å². The maximum Gasteiger partial charge on any atom is 0.323 e. The number of carbonyl (C=O) groups is 2. The zero-order chi connectivity index (χ0) is 23.9. The number of amides is 3. The summed E-state index contributed by atoms with van der Waals surface area (Å²) in [6.07, 6.45) is 0. The molecule has 2 aliphatic heterocycles. The minimum Gasteiger partial charge on any atom is -0.497 e. The minimum atomic E-state index is -1.14. The second-order valence-corrected chi connectivity index (χ2v) is 9.63. The van der Waals surface area contributed by atoms with Gasteiger partial charge in [0.05, 0.1) is 19.3 Å². The summed E-state index contributed by atoms with van der Waals surface area (Å²) in [5, 5.41) is 2.93. The number of ether oxygens (including phenoxy) is 1. The van der Waals surface area contributed by atoms with E-state index in [1.54, 1.807) is 53.3 Å². The highest BCUT2D eigenvalue weighted by molar-refractivity contribution is 8.01. The van der Waals surface area contributed by atoms with Crippen molar-refractivity contribution < 1.29 is 18.7 Å². The Bertz CT molecular complexity index is 1250. The zero-order valence-corrected chi connectivity index (χ0v) is 19.7. The van der Waals surface area contributed by atoms with Crippen molar-refractivity contribution in [2.24, 2.45) is 0 Å². The topological polar surface area (TPSA) is 61.9 Å². The number of carbonyl (C=O) groups excluding carboxylic acids is 2. The van der Waals surface area contributed by atoms with Gasteiger partial charge < -0.3 is 15.0 Å². The van der Waals surface area contributed by atoms with E-state index in [2.05, 4.69) is 5.32 Å². The third-order valence-corrected chi connectivity index (χ3v) is 7.61. The van der Waals surface area contributed by atoms with E-state index in [1.165, 1.54) is 23.9 Å². The number of nitrogens with zero attached hydrogens (tertiary/aromatic N) is 2. The van der Waals surface area contributed by atoms with Crippen molar-refractivity contribution in [2.75, 3.05) is 29.6 Å². The van der Waals surface area contributed by atoms with Gasteiger partial charge in [-0.25, -0.2) is 9.18 Å². The lowest BCUT2D eigenvalue weighted by molar-refractivity contribution is -0.123. The van der Waals surface area contributed by atoms with Crippen LogP contribution in [0.25, 0.3) is 0 Å². The number of aryl methyl sites for hydroxylation is 1. The first-order chi connectivity index (χ1) is 16.4. The van der Waals surface area contributed by atoms with E-state index in [0.29, 0.717) is 30.3 Å². The maximum atomic E-state index is 14.0. The normalized spacial score (nSPS) is 19.0. The molecule has 6 nitrogen and oxygen atoms in total. The van der Waals surface area contributed by atoms with Crippen molar-refractivity contribution in [2.45, 2.75) is 18.3 Å². The van der Waals surface area contributed by atoms with E-state index in [1.807, 2.05) is 25.1 Å². The van der Waals surface area contributed by atoms with Gasteiger partial charge in [-0.1, -0.05) is 29.8 Å². The lowest BCUT2D eigenvalue weighted by atomic mass is 10.0. The third-order valence-electron chi connectivity index (χ3n) is 6.19. The summed E-state index contributed by atoms with van der Waals surface area (Å²) >= 11 is 1.48. The standard InChI is InChI=1S/C26H24FN3O3S/c1-17-3-12-23-22(15-17)26(24(31)29(23)16-18-4-6-19(27)7-5-18)30(13-14-34-26)25(32)28-20-8-10-21(33-2)11-9-20/h3-12,15H,13-14,16H2,1-2H3,(H,28,32)/t26-/m1/s1. The lowest BCUT2D eigenvalue weighted by Crippen LogP contribution is -2.51. The monoisotopic (exact) mass is 477 g/mol. The lowest BCUT2D eigenvalue weighted by Gasteiger charge is -2.33. The molecule has 3 aromatic rings. The molecule has 8 heteroatoms. The van der Waals surface area contributed by atoms with E-state index >= 15 is 0 Å². The van der Waals surface area contributed by atoms with Crippen LogP contribution in [0.1, 0.15) is 16.7 Å². The maximum absolute atomic E-state index is 14.0.